The smallest absolute Gasteiger partial charge is 0.321 e. The van der Waals surface area contributed by atoms with E-state index in [1.807, 2.05) is 59.2 Å². The molecular formula is C21H24N4O3. The average Bonchev–Trinajstić information content (AvgIpc) is 3.13. The molecule has 0 spiro atoms. The van der Waals surface area contributed by atoms with Crippen LogP contribution in [0.2, 0.25) is 0 Å². The van der Waals surface area contributed by atoms with Gasteiger partial charge in [0.15, 0.2) is 0 Å². The van der Waals surface area contributed by atoms with E-state index in [2.05, 4.69) is 15.6 Å². The summed E-state index contributed by atoms with van der Waals surface area (Å²) >= 11 is 0. The first-order chi connectivity index (χ1) is 13.7. The molecule has 0 saturated carbocycles. The molecule has 0 aliphatic rings. The van der Waals surface area contributed by atoms with Crippen molar-refractivity contribution in [2.75, 3.05) is 26.1 Å². The lowest BCUT2D eigenvalue weighted by atomic mass is 10.1. The second-order valence-electron chi connectivity index (χ2n) is 6.14. The maximum atomic E-state index is 12.3. The zero-order chi connectivity index (χ0) is 19.8. The molecule has 0 fully saturated rings. The number of methoxy groups -OCH3 is 2. The van der Waals surface area contributed by atoms with Crippen LogP contribution in [0.4, 0.5) is 10.7 Å². The fraction of sp³-hybridized carbons (Fsp3) is 0.238. The van der Waals surface area contributed by atoms with Crippen LogP contribution < -0.4 is 15.4 Å². The Morgan fingerprint density at radius 2 is 1.93 bits per heavy atom. The van der Waals surface area contributed by atoms with Gasteiger partial charge in [0.25, 0.3) is 0 Å². The van der Waals surface area contributed by atoms with E-state index in [-0.39, 0.29) is 6.03 Å². The van der Waals surface area contributed by atoms with Crippen molar-refractivity contribution in [3.8, 4) is 17.0 Å². The number of carbonyl (C=O) groups excluding carboxylic acids is 1. The molecule has 2 N–H and O–H groups in total. The van der Waals surface area contributed by atoms with Crippen molar-refractivity contribution in [1.82, 2.24) is 14.9 Å². The third-order valence-corrected chi connectivity index (χ3v) is 4.26. The molecule has 0 saturated heterocycles. The van der Waals surface area contributed by atoms with E-state index in [0.717, 1.165) is 22.6 Å². The SMILES string of the molecule is COCCn1c(-c2cccc(OC)c2)cnc1NC(=O)NCc1ccccc1. The first-order valence-electron chi connectivity index (χ1n) is 8.99. The van der Waals surface area contributed by atoms with Crippen LogP contribution in [0.25, 0.3) is 11.3 Å². The molecule has 2 amide bonds. The summed E-state index contributed by atoms with van der Waals surface area (Å²) in [5, 5.41) is 5.67. The number of anilines is 1. The summed E-state index contributed by atoms with van der Waals surface area (Å²) in [4.78, 5) is 16.7. The third-order valence-electron chi connectivity index (χ3n) is 4.26. The number of hydrogen-bond acceptors (Lipinski definition) is 4. The Kier molecular flexibility index (Phi) is 6.64. The average molecular weight is 380 g/mol. The molecule has 1 heterocycles. The number of ether oxygens (including phenoxy) is 2. The molecule has 0 radical (unpaired) electrons. The number of urea groups is 1. The highest BCUT2D eigenvalue weighted by molar-refractivity contribution is 5.88. The molecule has 3 aromatic rings. The fourth-order valence-electron chi connectivity index (χ4n) is 2.82. The Morgan fingerprint density at radius 3 is 2.68 bits per heavy atom. The Hall–Kier alpha value is -3.32. The molecule has 0 atom stereocenters. The highest BCUT2D eigenvalue weighted by Crippen LogP contribution is 2.26. The van der Waals surface area contributed by atoms with Crippen LogP contribution in [0, 0.1) is 0 Å². The first kappa shape index (κ1) is 19.4. The van der Waals surface area contributed by atoms with E-state index in [4.69, 9.17) is 9.47 Å². The van der Waals surface area contributed by atoms with Crippen molar-refractivity contribution >= 4 is 12.0 Å². The molecule has 0 aliphatic heterocycles. The Morgan fingerprint density at radius 1 is 1.11 bits per heavy atom. The van der Waals surface area contributed by atoms with Gasteiger partial charge in [0.1, 0.15) is 5.75 Å². The van der Waals surface area contributed by atoms with Crippen molar-refractivity contribution in [3.63, 3.8) is 0 Å². The van der Waals surface area contributed by atoms with Gasteiger partial charge >= 0.3 is 6.03 Å². The van der Waals surface area contributed by atoms with E-state index in [1.165, 1.54) is 0 Å². The number of carbonyl (C=O) groups is 1. The van der Waals surface area contributed by atoms with Crippen LogP contribution in [0.15, 0.2) is 60.8 Å². The van der Waals surface area contributed by atoms with Gasteiger partial charge in [-0.05, 0) is 17.7 Å². The molecule has 0 unspecified atom stereocenters. The number of aromatic nitrogens is 2. The largest absolute Gasteiger partial charge is 0.497 e. The number of amides is 2. The van der Waals surface area contributed by atoms with Crippen LogP contribution in [-0.2, 0) is 17.8 Å². The van der Waals surface area contributed by atoms with Gasteiger partial charge < -0.3 is 19.4 Å². The zero-order valence-electron chi connectivity index (χ0n) is 16.0. The molecule has 0 bridgehead atoms. The van der Waals surface area contributed by atoms with Crippen molar-refractivity contribution in [3.05, 3.63) is 66.4 Å². The van der Waals surface area contributed by atoms with Crippen LogP contribution in [0.5, 0.6) is 5.75 Å². The number of benzene rings is 2. The minimum Gasteiger partial charge on any atom is -0.497 e. The lowest BCUT2D eigenvalue weighted by Crippen LogP contribution is -2.29. The molecular weight excluding hydrogens is 356 g/mol. The fourth-order valence-corrected chi connectivity index (χ4v) is 2.82. The Balaban J connectivity index is 1.76. The lowest BCUT2D eigenvalue weighted by molar-refractivity contribution is 0.188. The quantitative estimate of drug-likeness (QED) is 0.627. The first-order valence-corrected chi connectivity index (χ1v) is 8.99. The van der Waals surface area contributed by atoms with Crippen molar-refractivity contribution < 1.29 is 14.3 Å². The lowest BCUT2D eigenvalue weighted by Gasteiger charge is -2.13. The van der Waals surface area contributed by atoms with E-state index < -0.39 is 0 Å². The number of hydrogen-bond donors (Lipinski definition) is 2. The van der Waals surface area contributed by atoms with Gasteiger partial charge in [0.2, 0.25) is 5.95 Å². The van der Waals surface area contributed by atoms with Crippen molar-refractivity contribution in [2.24, 2.45) is 0 Å². The number of imidazole rings is 1. The standard InChI is InChI=1S/C21H24N4O3/c1-27-12-11-25-19(17-9-6-10-18(13-17)28-2)15-22-20(25)24-21(26)23-14-16-7-4-3-5-8-16/h3-10,13,15H,11-12,14H2,1-2H3,(H2,22,23,24,26). The summed E-state index contributed by atoms with van der Waals surface area (Å²) in [7, 11) is 3.27. The van der Waals surface area contributed by atoms with E-state index in [9.17, 15) is 4.79 Å². The van der Waals surface area contributed by atoms with Gasteiger partial charge in [-0.2, -0.15) is 0 Å². The van der Waals surface area contributed by atoms with Gasteiger partial charge in [0.05, 0.1) is 25.6 Å². The summed E-state index contributed by atoms with van der Waals surface area (Å²) in [5.74, 6) is 1.22. The van der Waals surface area contributed by atoms with Crippen molar-refractivity contribution in [1.29, 1.82) is 0 Å². The molecule has 146 valence electrons. The highest BCUT2D eigenvalue weighted by atomic mass is 16.5. The molecule has 3 rings (SSSR count). The van der Waals surface area contributed by atoms with Gasteiger partial charge in [-0.1, -0.05) is 42.5 Å². The number of nitrogens with one attached hydrogen (secondary N) is 2. The summed E-state index contributed by atoms with van der Waals surface area (Å²) < 4.78 is 12.4. The summed E-state index contributed by atoms with van der Waals surface area (Å²) in [6.45, 7) is 1.49. The molecule has 0 aliphatic carbocycles. The Bertz CT molecular complexity index is 909. The van der Waals surface area contributed by atoms with Gasteiger partial charge in [-0.15, -0.1) is 0 Å². The molecule has 28 heavy (non-hydrogen) atoms. The number of rotatable bonds is 8. The van der Waals surface area contributed by atoms with Gasteiger partial charge in [-0.3, -0.25) is 5.32 Å². The summed E-state index contributed by atoms with van der Waals surface area (Å²) in [6.07, 6.45) is 1.73. The second-order valence-corrected chi connectivity index (χ2v) is 6.14. The molecule has 7 nitrogen and oxygen atoms in total. The topological polar surface area (TPSA) is 77.4 Å². The van der Waals surface area contributed by atoms with Crippen LogP contribution in [-0.4, -0.2) is 36.4 Å². The normalized spacial score (nSPS) is 10.5. The second kappa shape index (κ2) is 9.57. The maximum Gasteiger partial charge on any atom is 0.321 e. The third kappa shape index (κ3) is 4.89. The predicted octanol–water partition coefficient (Wildman–Crippen LogP) is 3.53. The van der Waals surface area contributed by atoms with Crippen LogP contribution in [0.1, 0.15) is 5.56 Å². The monoisotopic (exact) mass is 380 g/mol. The summed E-state index contributed by atoms with van der Waals surface area (Å²) in [6, 6.07) is 17.1. The number of nitrogens with zero attached hydrogens (tertiary/aromatic N) is 2. The summed E-state index contributed by atoms with van der Waals surface area (Å²) in [5.41, 5.74) is 2.84. The van der Waals surface area contributed by atoms with E-state index in [0.29, 0.717) is 25.6 Å². The molecule has 7 heteroatoms. The van der Waals surface area contributed by atoms with Crippen LogP contribution in [0.3, 0.4) is 0 Å². The Labute approximate surface area is 164 Å². The van der Waals surface area contributed by atoms with E-state index >= 15 is 0 Å². The minimum atomic E-state index is -0.315. The molecule has 1 aromatic heterocycles. The van der Waals surface area contributed by atoms with E-state index in [1.54, 1.807) is 20.4 Å². The highest BCUT2D eigenvalue weighted by Gasteiger charge is 2.14. The predicted molar refractivity (Wildman–Crippen MR) is 108 cm³/mol. The minimum absolute atomic E-state index is 0.315. The van der Waals surface area contributed by atoms with Gasteiger partial charge in [0, 0.05) is 25.8 Å². The van der Waals surface area contributed by atoms with Crippen molar-refractivity contribution in [2.45, 2.75) is 13.1 Å². The zero-order valence-corrected chi connectivity index (χ0v) is 16.0. The van der Waals surface area contributed by atoms with Crippen LogP contribution >= 0.6 is 0 Å². The van der Waals surface area contributed by atoms with Gasteiger partial charge in [-0.25, -0.2) is 9.78 Å². The molecule has 2 aromatic carbocycles. The maximum absolute atomic E-state index is 12.3.